The van der Waals surface area contributed by atoms with E-state index in [-0.39, 0.29) is 11.9 Å². The second-order valence-electron chi connectivity index (χ2n) is 4.65. The second kappa shape index (κ2) is 7.56. The lowest BCUT2D eigenvalue weighted by atomic mass is 10.2. The van der Waals surface area contributed by atoms with Crippen LogP contribution in [0.25, 0.3) is 0 Å². The van der Waals surface area contributed by atoms with Crippen LogP contribution in [-0.4, -0.2) is 24.3 Å². The van der Waals surface area contributed by atoms with Crippen LogP contribution in [0.5, 0.6) is 5.75 Å². The summed E-state index contributed by atoms with van der Waals surface area (Å²) >= 11 is 0. The molecule has 0 saturated heterocycles. The highest BCUT2D eigenvalue weighted by atomic mass is 16.5. The van der Waals surface area contributed by atoms with Crippen molar-refractivity contribution in [3.05, 3.63) is 29.8 Å². The Morgan fingerprint density at radius 3 is 2.79 bits per heavy atom. The number of aldehydes is 1. The third-order valence-electron chi connectivity index (χ3n) is 2.79. The predicted octanol–water partition coefficient (Wildman–Crippen LogP) is 2.57. The number of carbonyl (C=O) groups is 2. The second-order valence-corrected chi connectivity index (χ2v) is 4.65. The van der Waals surface area contributed by atoms with Gasteiger partial charge >= 0.3 is 0 Å². The monoisotopic (exact) mass is 263 g/mol. The fraction of sp³-hybridized carbons (Fsp3) is 0.467. The molecular weight excluding hydrogens is 242 g/mol. The number of rotatable bonds is 7. The number of hydrogen-bond donors (Lipinski definition) is 1. The van der Waals surface area contributed by atoms with Gasteiger partial charge < -0.3 is 10.1 Å². The molecule has 1 aromatic carbocycles. The average molecular weight is 263 g/mol. The Labute approximate surface area is 114 Å². The molecular formula is C15H21NO3. The Morgan fingerprint density at radius 1 is 1.42 bits per heavy atom. The molecule has 0 bridgehead atoms. The van der Waals surface area contributed by atoms with Gasteiger partial charge in [0.25, 0.3) is 5.91 Å². The first-order chi connectivity index (χ1) is 9.06. The largest absolute Gasteiger partial charge is 0.481 e. The van der Waals surface area contributed by atoms with Crippen LogP contribution in [0.4, 0.5) is 0 Å². The maximum atomic E-state index is 11.9. The standard InChI is InChI=1S/C15H21NO3/c1-4-6-11(2)16-15(18)12(3)19-14-8-5-7-13(9-14)10-17/h5,7-12H,4,6H2,1-3H3,(H,16,18). The van der Waals surface area contributed by atoms with Crippen molar-refractivity contribution in [3.8, 4) is 5.75 Å². The summed E-state index contributed by atoms with van der Waals surface area (Å²) in [6.45, 7) is 5.75. The minimum Gasteiger partial charge on any atom is -0.481 e. The van der Waals surface area contributed by atoms with E-state index < -0.39 is 6.10 Å². The lowest BCUT2D eigenvalue weighted by Gasteiger charge is -2.18. The smallest absolute Gasteiger partial charge is 0.260 e. The molecule has 1 N–H and O–H groups in total. The van der Waals surface area contributed by atoms with E-state index in [1.54, 1.807) is 31.2 Å². The molecule has 0 radical (unpaired) electrons. The van der Waals surface area contributed by atoms with Gasteiger partial charge in [0.2, 0.25) is 0 Å². The number of hydrogen-bond acceptors (Lipinski definition) is 3. The van der Waals surface area contributed by atoms with E-state index in [9.17, 15) is 9.59 Å². The molecule has 4 nitrogen and oxygen atoms in total. The Morgan fingerprint density at radius 2 is 2.16 bits per heavy atom. The van der Waals surface area contributed by atoms with Crippen LogP contribution < -0.4 is 10.1 Å². The molecule has 0 aliphatic heterocycles. The molecule has 1 rings (SSSR count). The first-order valence-corrected chi connectivity index (χ1v) is 6.59. The molecule has 0 fully saturated rings. The van der Waals surface area contributed by atoms with Crippen molar-refractivity contribution >= 4 is 12.2 Å². The first-order valence-electron chi connectivity index (χ1n) is 6.59. The van der Waals surface area contributed by atoms with Crippen LogP contribution in [0, 0.1) is 0 Å². The molecule has 4 heteroatoms. The molecule has 19 heavy (non-hydrogen) atoms. The van der Waals surface area contributed by atoms with Gasteiger partial charge in [-0.2, -0.15) is 0 Å². The van der Waals surface area contributed by atoms with E-state index in [4.69, 9.17) is 4.74 Å². The average Bonchev–Trinajstić information content (AvgIpc) is 2.39. The Bertz CT molecular complexity index is 431. The fourth-order valence-corrected chi connectivity index (χ4v) is 1.78. The van der Waals surface area contributed by atoms with Gasteiger partial charge in [0.05, 0.1) is 0 Å². The van der Waals surface area contributed by atoms with Crippen LogP contribution in [0.2, 0.25) is 0 Å². The van der Waals surface area contributed by atoms with Crippen LogP contribution in [0.1, 0.15) is 44.0 Å². The van der Waals surface area contributed by atoms with Crippen molar-refractivity contribution in [2.75, 3.05) is 0 Å². The summed E-state index contributed by atoms with van der Waals surface area (Å²) < 4.78 is 5.53. The number of ether oxygens (including phenoxy) is 1. The molecule has 0 aliphatic carbocycles. The minimum atomic E-state index is -0.582. The van der Waals surface area contributed by atoms with Gasteiger partial charge in [0.15, 0.2) is 6.10 Å². The van der Waals surface area contributed by atoms with E-state index in [1.165, 1.54) is 0 Å². The van der Waals surface area contributed by atoms with Gasteiger partial charge in [-0.25, -0.2) is 0 Å². The molecule has 1 aromatic rings. The van der Waals surface area contributed by atoms with Gasteiger partial charge in [0.1, 0.15) is 12.0 Å². The van der Waals surface area contributed by atoms with Crippen molar-refractivity contribution in [2.45, 2.75) is 45.8 Å². The van der Waals surface area contributed by atoms with Crippen LogP contribution in [0.3, 0.4) is 0 Å². The van der Waals surface area contributed by atoms with Crippen molar-refractivity contribution in [1.82, 2.24) is 5.32 Å². The van der Waals surface area contributed by atoms with Gasteiger partial charge in [-0.05, 0) is 32.4 Å². The third kappa shape index (κ3) is 5.12. The number of benzene rings is 1. The number of nitrogens with one attached hydrogen (secondary N) is 1. The maximum absolute atomic E-state index is 11.9. The molecule has 0 spiro atoms. The quantitative estimate of drug-likeness (QED) is 0.769. The highest BCUT2D eigenvalue weighted by Crippen LogP contribution is 2.14. The SMILES string of the molecule is CCCC(C)NC(=O)C(C)Oc1cccc(C=O)c1. The van der Waals surface area contributed by atoms with Gasteiger partial charge in [-0.1, -0.05) is 25.5 Å². The molecule has 104 valence electrons. The van der Waals surface area contributed by atoms with E-state index in [2.05, 4.69) is 12.2 Å². The zero-order chi connectivity index (χ0) is 14.3. The first kappa shape index (κ1) is 15.2. The fourth-order valence-electron chi connectivity index (χ4n) is 1.78. The molecule has 1 amide bonds. The highest BCUT2D eigenvalue weighted by molar-refractivity contribution is 5.81. The van der Waals surface area contributed by atoms with E-state index >= 15 is 0 Å². The summed E-state index contributed by atoms with van der Waals surface area (Å²) in [7, 11) is 0. The van der Waals surface area contributed by atoms with E-state index in [1.807, 2.05) is 6.92 Å². The Balaban J connectivity index is 2.55. The summed E-state index contributed by atoms with van der Waals surface area (Å²) in [5.74, 6) is 0.382. The van der Waals surface area contributed by atoms with Crippen molar-refractivity contribution in [1.29, 1.82) is 0 Å². The van der Waals surface area contributed by atoms with Gasteiger partial charge in [-0.3, -0.25) is 9.59 Å². The van der Waals surface area contributed by atoms with E-state index in [0.29, 0.717) is 11.3 Å². The van der Waals surface area contributed by atoms with Crippen molar-refractivity contribution in [3.63, 3.8) is 0 Å². The van der Waals surface area contributed by atoms with Gasteiger partial charge in [-0.15, -0.1) is 0 Å². The summed E-state index contributed by atoms with van der Waals surface area (Å²) in [5, 5.41) is 2.90. The maximum Gasteiger partial charge on any atom is 0.260 e. The summed E-state index contributed by atoms with van der Waals surface area (Å²) in [6, 6.07) is 6.90. The van der Waals surface area contributed by atoms with Crippen LogP contribution in [-0.2, 0) is 4.79 Å². The molecule has 0 saturated carbocycles. The highest BCUT2D eigenvalue weighted by Gasteiger charge is 2.16. The summed E-state index contributed by atoms with van der Waals surface area (Å²) in [4.78, 5) is 22.5. The molecule has 2 atom stereocenters. The molecule has 0 aliphatic rings. The predicted molar refractivity (Wildman–Crippen MR) is 74.4 cm³/mol. The van der Waals surface area contributed by atoms with Crippen LogP contribution >= 0.6 is 0 Å². The van der Waals surface area contributed by atoms with Gasteiger partial charge in [0, 0.05) is 11.6 Å². The number of amides is 1. The minimum absolute atomic E-state index is 0.141. The van der Waals surface area contributed by atoms with Crippen molar-refractivity contribution < 1.29 is 14.3 Å². The summed E-state index contributed by atoms with van der Waals surface area (Å²) in [5.41, 5.74) is 0.532. The lowest BCUT2D eigenvalue weighted by molar-refractivity contribution is -0.127. The topological polar surface area (TPSA) is 55.4 Å². The lowest BCUT2D eigenvalue weighted by Crippen LogP contribution is -2.41. The third-order valence-corrected chi connectivity index (χ3v) is 2.79. The zero-order valence-electron chi connectivity index (χ0n) is 11.7. The normalized spacial score (nSPS) is 13.4. The Hall–Kier alpha value is -1.84. The van der Waals surface area contributed by atoms with Crippen molar-refractivity contribution in [2.24, 2.45) is 0 Å². The molecule has 2 unspecified atom stereocenters. The molecule has 0 aromatic heterocycles. The van der Waals surface area contributed by atoms with Crippen LogP contribution in [0.15, 0.2) is 24.3 Å². The number of carbonyl (C=O) groups excluding carboxylic acids is 2. The van der Waals surface area contributed by atoms with E-state index in [0.717, 1.165) is 19.1 Å². The molecule has 0 heterocycles. The zero-order valence-corrected chi connectivity index (χ0v) is 11.7. The summed E-state index contributed by atoms with van der Waals surface area (Å²) in [6.07, 6.45) is 2.14. The Kier molecular flexibility index (Phi) is 6.06.